The van der Waals surface area contributed by atoms with Gasteiger partial charge in [-0.3, -0.25) is 24.4 Å². The molecular formula is C19H19N5O4. The molecule has 0 spiro atoms. The summed E-state index contributed by atoms with van der Waals surface area (Å²) in [7, 11) is 0. The molecule has 3 rings (SSSR count). The summed E-state index contributed by atoms with van der Waals surface area (Å²) in [6.45, 7) is 1.26. The Bertz CT molecular complexity index is 1050. The Morgan fingerprint density at radius 2 is 1.86 bits per heavy atom. The predicted molar refractivity (Wildman–Crippen MR) is 105 cm³/mol. The van der Waals surface area contributed by atoms with Gasteiger partial charge in [-0.05, 0) is 24.3 Å². The van der Waals surface area contributed by atoms with Crippen molar-refractivity contribution in [1.29, 1.82) is 0 Å². The Labute approximate surface area is 160 Å². The van der Waals surface area contributed by atoms with Crippen LogP contribution < -0.4 is 16.1 Å². The van der Waals surface area contributed by atoms with Gasteiger partial charge >= 0.3 is 0 Å². The van der Waals surface area contributed by atoms with Gasteiger partial charge in [0.2, 0.25) is 11.3 Å². The maximum Gasteiger partial charge on any atom is 0.269 e. The van der Waals surface area contributed by atoms with E-state index in [1.807, 2.05) is 6.07 Å². The first-order chi connectivity index (χ1) is 13.5. The van der Waals surface area contributed by atoms with Crippen molar-refractivity contribution in [2.45, 2.75) is 13.0 Å². The Morgan fingerprint density at radius 1 is 1.11 bits per heavy atom. The second kappa shape index (κ2) is 8.76. The number of anilines is 1. The van der Waals surface area contributed by atoms with Gasteiger partial charge in [-0.15, -0.1) is 0 Å². The zero-order valence-electron chi connectivity index (χ0n) is 15.0. The molecule has 2 aromatic carbocycles. The number of fused-ring (bicyclic) bond motifs is 1. The molecular weight excluding hydrogens is 362 g/mol. The van der Waals surface area contributed by atoms with Crippen LogP contribution in [0, 0.1) is 10.1 Å². The Morgan fingerprint density at radius 3 is 2.61 bits per heavy atom. The first-order valence-electron chi connectivity index (χ1n) is 8.74. The minimum atomic E-state index is -0.454. The highest BCUT2D eigenvalue weighted by Gasteiger charge is 2.07. The van der Waals surface area contributed by atoms with Gasteiger partial charge in [-0.2, -0.15) is 5.10 Å². The highest BCUT2D eigenvalue weighted by Crippen LogP contribution is 2.14. The molecule has 0 fully saturated rings. The molecule has 9 nitrogen and oxygen atoms in total. The average molecular weight is 381 g/mol. The van der Waals surface area contributed by atoms with Crippen LogP contribution in [0.5, 0.6) is 0 Å². The quantitative estimate of drug-likeness (QED) is 0.350. The van der Waals surface area contributed by atoms with E-state index >= 15 is 0 Å². The lowest BCUT2D eigenvalue weighted by Gasteiger charge is -2.10. The molecule has 144 valence electrons. The van der Waals surface area contributed by atoms with E-state index in [-0.39, 0.29) is 23.4 Å². The van der Waals surface area contributed by atoms with Gasteiger partial charge < -0.3 is 10.6 Å². The molecule has 0 unspecified atom stereocenters. The minimum absolute atomic E-state index is 0.0301. The van der Waals surface area contributed by atoms with Crippen LogP contribution in [0.2, 0.25) is 0 Å². The number of non-ortho nitro benzene ring substituents is 1. The van der Waals surface area contributed by atoms with Crippen LogP contribution in [0.15, 0.2) is 59.5 Å². The fraction of sp³-hybridized carbons (Fsp3) is 0.211. The smallest absolute Gasteiger partial charge is 0.269 e. The van der Waals surface area contributed by atoms with E-state index in [2.05, 4.69) is 15.7 Å². The van der Waals surface area contributed by atoms with Crippen molar-refractivity contribution >= 4 is 28.2 Å². The normalized spacial score (nSPS) is 10.6. The maximum atomic E-state index is 12.0. The number of hydrogen-bond acceptors (Lipinski definition) is 6. The lowest BCUT2D eigenvalue weighted by atomic mass is 10.2. The number of hydrogen-bond donors (Lipinski definition) is 2. The van der Waals surface area contributed by atoms with Crippen molar-refractivity contribution in [3.05, 3.63) is 75.1 Å². The molecule has 0 atom stereocenters. The molecule has 1 heterocycles. The topological polar surface area (TPSA) is 119 Å². The van der Waals surface area contributed by atoms with Crippen LogP contribution in [-0.2, 0) is 11.3 Å². The van der Waals surface area contributed by atoms with Crippen LogP contribution in [0.1, 0.15) is 6.42 Å². The molecule has 0 saturated heterocycles. The highest BCUT2D eigenvalue weighted by molar-refractivity contribution is 5.79. The van der Waals surface area contributed by atoms with E-state index in [9.17, 15) is 19.7 Å². The number of nitro benzene ring substituents is 1. The Balaban J connectivity index is 1.45. The lowest BCUT2D eigenvalue weighted by molar-refractivity contribution is -0.384. The first-order valence-corrected chi connectivity index (χ1v) is 8.74. The van der Waals surface area contributed by atoms with Gasteiger partial charge in [-0.1, -0.05) is 12.1 Å². The fourth-order valence-electron chi connectivity index (χ4n) is 2.74. The number of rotatable bonds is 8. The van der Waals surface area contributed by atoms with Crippen LogP contribution in [0.4, 0.5) is 11.4 Å². The van der Waals surface area contributed by atoms with Crippen LogP contribution in [-0.4, -0.2) is 33.7 Å². The SMILES string of the molecule is O=C(CCn1ncc(=O)c2ccccc21)NCCNc1ccc([N+](=O)[O-])cc1. The van der Waals surface area contributed by atoms with Crippen molar-refractivity contribution in [2.24, 2.45) is 0 Å². The molecule has 0 aliphatic heterocycles. The van der Waals surface area contributed by atoms with E-state index in [0.29, 0.717) is 30.5 Å². The Kier molecular flexibility index (Phi) is 5.95. The summed E-state index contributed by atoms with van der Waals surface area (Å²) in [6.07, 6.45) is 1.49. The van der Waals surface area contributed by atoms with Gasteiger partial charge in [0, 0.05) is 42.7 Å². The third kappa shape index (κ3) is 4.70. The zero-order chi connectivity index (χ0) is 19.9. The summed E-state index contributed by atoms with van der Waals surface area (Å²) in [6, 6.07) is 13.2. The van der Waals surface area contributed by atoms with Gasteiger partial charge in [0.05, 0.1) is 23.2 Å². The lowest BCUT2D eigenvalue weighted by Crippen LogP contribution is -2.29. The van der Waals surface area contributed by atoms with Crippen LogP contribution >= 0.6 is 0 Å². The summed E-state index contributed by atoms with van der Waals surface area (Å²) in [4.78, 5) is 34.0. The third-order valence-electron chi connectivity index (χ3n) is 4.17. The van der Waals surface area contributed by atoms with Crippen molar-refractivity contribution in [1.82, 2.24) is 15.1 Å². The summed E-state index contributed by atoms with van der Waals surface area (Å²) in [5.74, 6) is -0.130. The van der Waals surface area contributed by atoms with Crippen LogP contribution in [0.3, 0.4) is 0 Å². The standard InChI is InChI=1S/C19H19N5O4/c25-18-13-22-23(17-4-2-1-3-16(17)18)12-9-19(26)21-11-10-20-14-5-7-15(8-6-14)24(27)28/h1-8,13,20H,9-12H2,(H,21,26). The highest BCUT2D eigenvalue weighted by atomic mass is 16.6. The molecule has 0 bridgehead atoms. The predicted octanol–water partition coefficient (Wildman–Crippen LogP) is 1.92. The molecule has 0 aliphatic rings. The van der Waals surface area contributed by atoms with Crippen molar-refractivity contribution in [2.75, 3.05) is 18.4 Å². The summed E-state index contributed by atoms with van der Waals surface area (Å²) in [5, 5.41) is 21.2. The van der Waals surface area contributed by atoms with Crippen LogP contribution in [0.25, 0.3) is 10.9 Å². The average Bonchev–Trinajstić information content (AvgIpc) is 2.71. The maximum absolute atomic E-state index is 12.0. The zero-order valence-corrected chi connectivity index (χ0v) is 15.0. The van der Waals surface area contributed by atoms with Crippen molar-refractivity contribution in [3.63, 3.8) is 0 Å². The monoisotopic (exact) mass is 381 g/mol. The fourth-order valence-corrected chi connectivity index (χ4v) is 2.74. The minimum Gasteiger partial charge on any atom is -0.383 e. The number of para-hydroxylation sites is 1. The number of carbonyl (C=O) groups is 1. The molecule has 9 heteroatoms. The second-order valence-corrected chi connectivity index (χ2v) is 6.08. The summed E-state index contributed by atoms with van der Waals surface area (Å²) < 4.78 is 1.64. The van der Waals surface area contributed by atoms with E-state index in [1.165, 1.54) is 18.3 Å². The molecule has 0 radical (unpaired) electrons. The molecule has 3 aromatic rings. The molecule has 2 N–H and O–H groups in total. The van der Waals surface area contributed by atoms with Gasteiger partial charge in [0.25, 0.3) is 5.69 Å². The second-order valence-electron chi connectivity index (χ2n) is 6.08. The number of nitro groups is 1. The summed E-state index contributed by atoms with van der Waals surface area (Å²) >= 11 is 0. The number of benzene rings is 2. The van der Waals surface area contributed by atoms with Crippen molar-refractivity contribution in [3.8, 4) is 0 Å². The molecule has 1 amide bonds. The number of amides is 1. The van der Waals surface area contributed by atoms with E-state index in [4.69, 9.17) is 0 Å². The number of aromatic nitrogens is 2. The largest absolute Gasteiger partial charge is 0.383 e. The Hall–Kier alpha value is -3.75. The first kappa shape index (κ1) is 19.0. The van der Waals surface area contributed by atoms with Gasteiger partial charge in [0.15, 0.2) is 0 Å². The number of nitrogens with one attached hydrogen (secondary N) is 2. The molecule has 0 saturated carbocycles. The number of nitrogens with zero attached hydrogens (tertiary/aromatic N) is 3. The van der Waals surface area contributed by atoms with E-state index < -0.39 is 4.92 Å². The third-order valence-corrected chi connectivity index (χ3v) is 4.17. The van der Waals surface area contributed by atoms with E-state index in [0.717, 1.165) is 5.69 Å². The molecule has 0 aliphatic carbocycles. The molecule has 28 heavy (non-hydrogen) atoms. The number of aryl methyl sites for hydroxylation is 1. The molecule has 1 aromatic heterocycles. The van der Waals surface area contributed by atoms with E-state index in [1.54, 1.807) is 35.0 Å². The van der Waals surface area contributed by atoms with Crippen molar-refractivity contribution < 1.29 is 9.72 Å². The van der Waals surface area contributed by atoms with Gasteiger partial charge in [0.1, 0.15) is 0 Å². The number of carbonyl (C=O) groups excluding carboxylic acids is 1. The van der Waals surface area contributed by atoms with Gasteiger partial charge in [-0.25, -0.2) is 0 Å². The summed E-state index contributed by atoms with van der Waals surface area (Å²) in [5.41, 5.74) is 1.32.